The lowest BCUT2D eigenvalue weighted by atomic mass is 10.0. The first-order chi connectivity index (χ1) is 17.9. The van der Waals surface area contributed by atoms with Crippen LogP contribution in [-0.4, -0.2) is 89.7 Å². The molecule has 0 aromatic heterocycles. The first-order valence-electron chi connectivity index (χ1n) is 13.3. The predicted molar refractivity (Wildman–Crippen MR) is 141 cm³/mol. The lowest BCUT2D eigenvalue weighted by Crippen LogP contribution is -2.51. The molecule has 2 aromatic rings. The minimum absolute atomic E-state index is 0.0499. The summed E-state index contributed by atoms with van der Waals surface area (Å²) in [4.78, 5) is 29.9. The number of amides is 2. The Labute approximate surface area is 219 Å². The van der Waals surface area contributed by atoms with Crippen LogP contribution in [0.5, 0.6) is 11.5 Å². The maximum absolute atomic E-state index is 12.2. The fourth-order valence-electron chi connectivity index (χ4n) is 4.96. The van der Waals surface area contributed by atoms with Crippen molar-refractivity contribution in [2.75, 3.05) is 52.5 Å². The van der Waals surface area contributed by atoms with Crippen molar-refractivity contribution < 1.29 is 24.2 Å². The summed E-state index contributed by atoms with van der Waals surface area (Å²) >= 11 is 0. The Bertz CT molecular complexity index is 1020. The molecule has 1 unspecified atom stereocenters. The van der Waals surface area contributed by atoms with E-state index in [-0.39, 0.29) is 25.0 Å². The molecule has 2 fully saturated rings. The number of benzene rings is 2. The Morgan fingerprint density at radius 2 is 1.70 bits per heavy atom. The molecule has 1 N–H and O–H groups in total. The molecule has 0 saturated carbocycles. The van der Waals surface area contributed by atoms with Gasteiger partial charge in [0.2, 0.25) is 11.8 Å². The average molecular weight is 510 g/mol. The normalized spacial score (nSPS) is 21.0. The fourth-order valence-corrected chi connectivity index (χ4v) is 4.96. The van der Waals surface area contributed by atoms with Gasteiger partial charge in [0.15, 0.2) is 0 Å². The lowest BCUT2D eigenvalue weighted by Gasteiger charge is -2.32. The lowest BCUT2D eigenvalue weighted by molar-refractivity contribution is -0.133. The minimum atomic E-state index is -1.18. The van der Waals surface area contributed by atoms with Crippen molar-refractivity contribution in [1.82, 2.24) is 14.7 Å². The van der Waals surface area contributed by atoms with Crippen LogP contribution in [0.3, 0.4) is 0 Å². The highest BCUT2D eigenvalue weighted by Gasteiger charge is 2.36. The largest absolute Gasteiger partial charge is 0.494 e. The van der Waals surface area contributed by atoms with E-state index in [0.717, 1.165) is 43.7 Å². The number of aliphatic hydroxyl groups is 1. The third-order valence-corrected chi connectivity index (χ3v) is 6.98. The van der Waals surface area contributed by atoms with Gasteiger partial charge in [-0.15, -0.1) is 0 Å². The molecule has 2 heterocycles. The summed E-state index contributed by atoms with van der Waals surface area (Å²) in [5.41, 5.74) is -0.0783. The third kappa shape index (κ3) is 8.20. The van der Waals surface area contributed by atoms with Gasteiger partial charge in [-0.1, -0.05) is 30.3 Å². The molecule has 2 aliphatic heterocycles. The summed E-state index contributed by atoms with van der Waals surface area (Å²) in [5.74, 6) is 1.71. The molecule has 0 bridgehead atoms. The molecule has 0 aliphatic carbocycles. The van der Waals surface area contributed by atoms with Crippen LogP contribution in [0.25, 0.3) is 0 Å². The average Bonchev–Trinajstić information content (AvgIpc) is 3.07. The Balaban J connectivity index is 1.29. The molecule has 200 valence electrons. The van der Waals surface area contributed by atoms with E-state index in [2.05, 4.69) is 4.90 Å². The van der Waals surface area contributed by atoms with Crippen molar-refractivity contribution in [3.63, 3.8) is 0 Å². The molecular weight excluding hydrogens is 470 g/mol. The highest BCUT2D eigenvalue weighted by Crippen LogP contribution is 2.21. The van der Waals surface area contributed by atoms with Gasteiger partial charge in [0, 0.05) is 52.6 Å². The molecule has 37 heavy (non-hydrogen) atoms. The van der Waals surface area contributed by atoms with Crippen LogP contribution in [-0.2, 0) is 16.1 Å². The molecule has 1 atom stereocenters. The number of carbonyl (C=O) groups is 2. The van der Waals surface area contributed by atoms with Crippen LogP contribution in [0, 0.1) is 0 Å². The van der Waals surface area contributed by atoms with Crippen molar-refractivity contribution in [3.05, 3.63) is 60.2 Å². The zero-order valence-corrected chi connectivity index (χ0v) is 21.8. The van der Waals surface area contributed by atoms with Crippen molar-refractivity contribution in [1.29, 1.82) is 0 Å². The van der Waals surface area contributed by atoms with E-state index in [0.29, 0.717) is 45.0 Å². The van der Waals surface area contributed by atoms with Crippen molar-refractivity contribution >= 4 is 11.8 Å². The second-order valence-electron chi connectivity index (χ2n) is 10.2. The summed E-state index contributed by atoms with van der Waals surface area (Å²) in [6, 6.07) is 17.4. The number of likely N-dealkylation sites (tertiary alicyclic amines) is 1. The summed E-state index contributed by atoms with van der Waals surface area (Å²) in [7, 11) is 0. The number of hydrogen-bond donors (Lipinski definition) is 1. The second kappa shape index (κ2) is 12.9. The number of β-amino-alcohol motifs (C(OH)–C–C–N with tert-alkyl or cyclic N) is 1. The molecule has 8 nitrogen and oxygen atoms in total. The van der Waals surface area contributed by atoms with Gasteiger partial charge in [-0.25, -0.2) is 0 Å². The highest BCUT2D eigenvalue weighted by atomic mass is 16.5. The Morgan fingerprint density at radius 3 is 2.43 bits per heavy atom. The fraction of sp³-hybridized carbons (Fsp3) is 0.517. The molecule has 2 aromatic carbocycles. The van der Waals surface area contributed by atoms with Crippen molar-refractivity contribution in [2.24, 2.45) is 0 Å². The van der Waals surface area contributed by atoms with Crippen LogP contribution in [0.1, 0.15) is 38.2 Å². The van der Waals surface area contributed by atoms with Gasteiger partial charge in [-0.05, 0) is 49.1 Å². The zero-order chi connectivity index (χ0) is 26.1. The minimum Gasteiger partial charge on any atom is -0.494 e. The van der Waals surface area contributed by atoms with Crippen LogP contribution in [0.2, 0.25) is 0 Å². The highest BCUT2D eigenvalue weighted by molar-refractivity contribution is 5.76. The van der Waals surface area contributed by atoms with Crippen molar-refractivity contribution in [3.8, 4) is 11.5 Å². The van der Waals surface area contributed by atoms with E-state index < -0.39 is 5.60 Å². The van der Waals surface area contributed by atoms with E-state index in [1.54, 1.807) is 4.90 Å². The Morgan fingerprint density at radius 1 is 0.946 bits per heavy atom. The van der Waals surface area contributed by atoms with Gasteiger partial charge in [0.25, 0.3) is 0 Å². The smallest absolute Gasteiger partial charge is 0.222 e. The van der Waals surface area contributed by atoms with Gasteiger partial charge >= 0.3 is 0 Å². The maximum atomic E-state index is 12.2. The first kappa shape index (κ1) is 26.9. The molecule has 0 radical (unpaired) electrons. The number of rotatable bonds is 10. The SMILES string of the molecule is CC(=O)N1CCN(Cc2ccc(OCCCN3CCCCC3=O)cc2)CC(O)(COc2ccccc2)C1. The quantitative estimate of drug-likeness (QED) is 0.496. The standard InChI is InChI=1S/C29H39N3O5/c1-24(33)32-18-17-30(21-29(35,22-32)23-37-26-8-3-2-4-9-26)20-25-11-13-27(14-12-25)36-19-7-16-31-15-6-5-10-28(31)34/h2-4,8-9,11-14,35H,5-7,10,15-23H2,1H3. The Kier molecular flexibility index (Phi) is 9.41. The van der Waals surface area contributed by atoms with Crippen LogP contribution < -0.4 is 9.47 Å². The molecule has 2 aliphatic rings. The number of hydrogen-bond acceptors (Lipinski definition) is 6. The summed E-state index contributed by atoms with van der Waals surface area (Å²) < 4.78 is 11.8. The van der Waals surface area contributed by atoms with Crippen LogP contribution in [0.4, 0.5) is 0 Å². The summed E-state index contributed by atoms with van der Waals surface area (Å²) in [5, 5.41) is 11.5. The van der Waals surface area contributed by atoms with E-state index in [1.807, 2.05) is 59.5 Å². The van der Waals surface area contributed by atoms with Crippen molar-refractivity contribution in [2.45, 2.75) is 44.8 Å². The summed E-state index contributed by atoms with van der Waals surface area (Å²) in [6.07, 6.45) is 3.59. The molecular formula is C29H39N3O5. The van der Waals surface area contributed by atoms with Gasteiger partial charge in [-0.3, -0.25) is 14.5 Å². The first-order valence-corrected chi connectivity index (χ1v) is 13.3. The number of para-hydroxylation sites is 1. The Hall–Kier alpha value is -3.10. The number of nitrogens with zero attached hydrogens (tertiary/aromatic N) is 3. The monoisotopic (exact) mass is 509 g/mol. The van der Waals surface area contributed by atoms with Gasteiger partial charge in [0.05, 0.1) is 13.2 Å². The van der Waals surface area contributed by atoms with E-state index in [1.165, 1.54) is 6.92 Å². The molecule has 2 saturated heterocycles. The van der Waals surface area contributed by atoms with E-state index in [4.69, 9.17) is 9.47 Å². The number of ether oxygens (including phenoxy) is 2. The van der Waals surface area contributed by atoms with Gasteiger partial charge < -0.3 is 24.4 Å². The van der Waals surface area contributed by atoms with Gasteiger partial charge in [0.1, 0.15) is 23.7 Å². The van der Waals surface area contributed by atoms with Gasteiger partial charge in [-0.2, -0.15) is 0 Å². The van der Waals surface area contributed by atoms with E-state index >= 15 is 0 Å². The van der Waals surface area contributed by atoms with E-state index in [9.17, 15) is 14.7 Å². The molecule has 4 rings (SSSR count). The number of piperidine rings is 1. The molecule has 8 heteroatoms. The topological polar surface area (TPSA) is 82.6 Å². The molecule has 2 amide bonds. The zero-order valence-electron chi connectivity index (χ0n) is 21.8. The van der Waals surface area contributed by atoms with Crippen LogP contribution >= 0.6 is 0 Å². The number of carbonyl (C=O) groups excluding carboxylic acids is 2. The van der Waals surface area contributed by atoms with Crippen LogP contribution in [0.15, 0.2) is 54.6 Å². The predicted octanol–water partition coefficient (Wildman–Crippen LogP) is 2.94. The maximum Gasteiger partial charge on any atom is 0.222 e. The second-order valence-corrected chi connectivity index (χ2v) is 10.2. The molecule has 0 spiro atoms. The third-order valence-electron chi connectivity index (χ3n) is 6.98. The summed E-state index contributed by atoms with van der Waals surface area (Å²) in [6.45, 7) is 6.34.